The van der Waals surface area contributed by atoms with Crippen LogP contribution in [0.1, 0.15) is 15.9 Å². The van der Waals surface area contributed by atoms with E-state index in [-0.39, 0.29) is 17.2 Å². The second kappa shape index (κ2) is 6.60. The van der Waals surface area contributed by atoms with Gasteiger partial charge in [-0.3, -0.25) is 4.79 Å². The molecule has 1 aromatic carbocycles. The van der Waals surface area contributed by atoms with E-state index in [2.05, 4.69) is 10.3 Å². The number of aromatic hydroxyl groups is 1. The lowest BCUT2D eigenvalue weighted by molar-refractivity contribution is 0.0948. The molecule has 2 rings (SSSR count). The predicted octanol–water partition coefficient (Wildman–Crippen LogP) is 1.73. The molecule has 6 nitrogen and oxygen atoms in total. The van der Waals surface area contributed by atoms with E-state index in [4.69, 9.17) is 9.47 Å². The van der Waals surface area contributed by atoms with Crippen LogP contribution in [0.4, 0.5) is 0 Å². The summed E-state index contributed by atoms with van der Waals surface area (Å²) in [7, 11) is 3.02. The van der Waals surface area contributed by atoms with E-state index in [1.165, 1.54) is 26.4 Å². The summed E-state index contributed by atoms with van der Waals surface area (Å²) in [5.74, 6) is 0.497. The number of pyridine rings is 1. The Balaban J connectivity index is 2.07. The van der Waals surface area contributed by atoms with Crippen LogP contribution in [0.25, 0.3) is 0 Å². The second-order valence-electron chi connectivity index (χ2n) is 4.27. The second-order valence-corrected chi connectivity index (χ2v) is 4.27. The average Bonchev–Trinajstić information content (AvgIpc) is 2.53. The molecule has 1 aromatic heterocycles. The molecule has 21 heavy (non-hydrogen) atoms. The average molecular weight is 288 g/mol. The molecule has 0 aliphatic heterocycles. The van der Waals surface area contributed by atoms with Crippen LogP contribution < -0.4 is 14.8 Å². The first-order chi connectivity index (χ1) is 10.1. The predicted molar refractivity (Wildman–Crippen MR) is 76.6 cm³/mol. The maximum absolute atomic E-state index is 12.1. The van der Waals surface area contributed by atoms with Crippen molar-refractivity contribution in [3.05, 3.63) is 47.7 Å². The quantitative estimate of drug-likeness (QED) is 0.876. The molecule has 1 heterocycles. The van der Waals surface area contributed by atoms with Gasteiger partial charge in [-0.2, -0.15) is 0 Å². The summed E-state index contributed by atoms with van der Waals surface area (Å²) < 4.78 is 10.1. The summed E-state index contributed by atoms with van der Waals surface area (Å²) in [6.07, 6.45) is 1.60. The summed E-state index contributed by atoms with van der Waals surface area (Å²) in [4.78, 5) is 16.1. The lowest BCUT2D eigenvalue weighted by Gasteiger charge is -2.09. The normalized spacial score (nSPS) is 10.0. The van der Waals surface area contributed by atoms with Gasteiger partial charge in [0.05, 0.1) is 19.8 Å². The number of amides is 1. The Morgan fingerprint density at radius 1 is 1.24 bits per heavy atom. The van der Waals surface area contributed by atoms with Crippen molar-refractivity contribution in [3.63, 3.8) is 0 Å². The van der Waals surface area contributed by atoms with Gasteiger partial charge in [-0.25, -0.2) is 4.98 Å². The van der Waals surface area contributed by atoms with Gasteiger partial charge in [0.25, 0.3) is 5.91 Å². The van der Waals surface area contributed by atoms with E-state index in [1.54, 1.807) is 24.4 Å². The molecule has 2 aromatic rings. The largest absolute Gasteiger partial charge is 0.507 e. The Kier molecular flexibility index (Phi) is 4.61. The molecule has 0 radical (unpaired) electrons. The summed E-state index contributed by atoms with van der Waals surface area (Å²) in [5.41, 5.74) is 1.01. The number of methoxy groups -OCH3 is 2. The van der Waals surface area contributed by atoms with E-state index in [1.807, 2.05) is 0 Å². The third-order valence-electron chi connectivity index (χ3n) is 2.91. The molecule has 2 N–H and O–H groups in total. The van der Waals surface area contributed by atoms with Crippen molar-refractivity contribution in [1.29, 1.82) is 0 Å². The van der Waals surface area contributed by atoms with E-state index in [0.29, 0.717) is 18.2 Å². The molecule has 0 saturated heterocycles. The van der Waals surface area contributed by atoms with Gasteiger partial charge in [0, 0.05) is 18.8 Å². The fraction of sp³-hybridized carbons (Fsp3) is 0.200. The molecule has 0 saturated carbocycles. The van der Waals surface area contributed by atoms with Crippen LogP contribution in [0.3, 0.4) is 0 Å². The number of carbonyl (C=O) groups excluding carboxylic acids is 1. The molecule has 1 amide bonds. The van der Waals surface area contributed by atoms with Crippen molar-refractivity contribution in [2.75, 3.05) is 14.2 Å². The van der Waals surface area contributed by atoms with Gasteiger partial charge in [0.1, 0.15) is 11.5 Å². The number of rotatable bonds is 5. The van der Waals surface area contributed by atoms with Crippen molar-refractivity contribution < 1.29 is 19.4 Å². The Hall–Kier alpha value is -2.76. The summed E-state index contributed by atoms with van der Waals surface area (Å²) in [6, 6.07) is 7.99. The van der Waals surface area contributed by atoms with Crippen LogP contribution in [0.15, 0.2) is 36.5 Å². The van der Waals surface area contributed by atoms with Crippen LogP contribution in [-0.4, -0.2) is 30.2 Å². The lowest BCUT2D eigenvalue weighted by atomic mass is 10.1. The Labute approximate surface area is 122 Å². The zero-order valence-corrected chi connectivity index (χ0v) is 11.8. The number of nitrogens with one attached hydrogen (secondary N) is 1. The number of carbonyl (C=O) groups is 1. The monoisotopic (exact) mass is 288 g/mol. The maximum Gasteiger partial charge on any atom is 0.255 e. The molecule has 0 aliphatic rings. The molecule has 0 bridgehead atoms. The maximum atomic E-state index is 12.1. The van der Waals surface area contributed by atoms with Gasteiger partial charge in [-0.15, -0.1) is 0 Å². The Morgan fingerprint density at radius 3 is 2.76 bits per heavy atom. The topological polar surface area (TPSA) is 80.7 Å². The minimum Gasteiger partial charge on any atom is -0.507 e. The number of nitrogens with zero attached hydrogens (tertiary/aromatic N) is 1. The van der Waals surface area contributed by atoms with Gasteiger partial charge < -0.3 is 19.9 Å². The minimum atomic E-state index is -0.387. The van der Waals surface area contributed by atoms with E-state index in [0.717, 1.165) is 5.56 Å². The van der Waals surface area contributed by atoms with E-state index < -0.39 is 0 Å². The molecule has 0 unspecified atom stereocenters. The molecular formula is C15H16N2O4. The highest BCUT2D eigenvalue weighted by Crippen LogP contribution is 2.22. The first-order valence-electron chi connectivity index (χ1n) is 6.28. The Morgan fingerprint density at radius 2 is 2.05 bits per heavy atom. The SMILES string of the molecule is COc1ccc(O)c(C(=O)NCc2ccnc(OC)c2)c1. The first-order valence-corrected chi connectivity index (χ1v) is 6.28. The van der Waals surface area contributed by atoms with E-state index >= 15 is 0 Å². The Bertz CT molecular complexity index is 643. The van der Waals surface area contributed by atoms with Crippen LogP contribution in [-0.2, 0) is 6.54 Å². The van der Waals surface area contributed by atoms with Crippen LogP contribution in [0, 0.1) is 0 Å². The summed E-state index contributed by atoms with van der Waals surface area (Å²) >= 11 is 0. The van der Waals surface area contributed by atoms with E-state index in [9.17, 15) is 9.90 Å². The fourth-order valence-corrected chi connectivity index (χ4v) is 1.77. The van der Waals surface area contributed by atoms with Crippen molar-refractivity contribution >= 4 is 5.91 Å². The van der Waals surface area contributed by atoms with Crippen molar-refractivity contribution in [3.8, 4) is 17.4 Å². The first kappa shape index (κ1) is 14.6. The van der Waals surface area contributed by atoms with Crippen molar-refractivity contribution in [1.82, 2.24) is 10.3 Å². The third kappa shape index (κ3) is 3.62. The number of aromatic nitrogens is 1. The van der Waals surface area contributed by atoms with Crippen molar-refractivity contribution in [2.24, 2.45) is 0 Å². The van der Waals surface area contributed by atoms with Crippen LogP contribution >= 0.6 is 0 Å². The standard InChI is InChI=1S/C15H16N2O4/c1-20-11-3-4-13(18)12(8-11)15(19)17-9-10-5-6-16-14(7-10)21-2/h3-8,18H,9H2,1-2H3,(H,17,19). The number of ether oxygens (including phenoxy) is 2. The lowest BCUT2D eigenvalue weighted by Crippen LogP contribution is -2.23. The smallest absolute Gasteiger partial charge is 0.255 e. The number of hydrogen-bond donors (Lipinski definition) is 2. The number of hydrogen-bond acceptors (Lipinski definition) is 5. The zero-order chi connectivity index (χ0) is 15.2. The highest BCUT2D eigenvalue weighted by Gasteiger charge is 2.12. The van der Waals surface area contributed by atoms with Gasteiger partial charge in [0.15, 0.2) is 0 Å². The minimum absolute atomic E-state index is 0.0967. The molecule has 110 valence electrons. The van der Waals surface area contributed by atoms with Gasteiger partial charge in [-0.05, 0) is 29.8 Å². The highest BCUT2D eigenvalue weighted by atomic mass is 16.5. The van der Waals surface area contributed by atoms with Gasteiger partial charge >= 0.3 is 0 Å². The number of benzene rings is 1. The number of phenols is 1. The highest BCUT2D eigenvalue weighted by molar-refractivity contribution is 5.97. The molecular weight excluding hydrogens is 272 g/mol. The summed E-state index contributed by atoms with van der Waals surface area (Å²) in [5, 5.41) is 12.5. The van der Waals surface area contributed by atoms with Crippen molar-refractivity contribution in [2.45, 2.75) is 6.54 Å². The number of phenolic OH excluding ortho intramolecular Hbond substituents is 1. The molecule has 0 atom stereocenters. The van der Waals surface area contributed by atoms with Crippen LogP contribution in [0.2, 0.25) is 0 Å². The third-order valence-corrected chi connectivity index (χ3v) is 2.91. The molecule has 0 spiro atoms. The van der Waals surface area contributed by atoms with Crippen LogP contribution in [0.5, 0.6) is 17.4 Å². The van der Waals surface area contributed by atoms with Gasteiger partial charge in [0.2, 0.25) is 5.88 Å². The molecule has 6 heteroatoms. The summed E-state index contributed by atoms with van der Waals surface area (Å²) in [6.45, 7) is 0.300. The fourth-order valence-electron chi connectivity index (χ4n) is 1.77. The van der Waals surface area contributed by atoms with Gasteiger partial charge in [-0.1, -0.05) is 0 Å². The zero-order valence-electron chi connectivity index (χ0n) is 11.8. The molecule has 0 fully saturated rings. The molecule has 0 aliphatic carbocycles.